The zero-order chi connectivity index (χ0) is 14.5. The molecular weight excluding hydrogens is 258 g/mol. The lowest BCUT2D eigenvalue weighted by Crippen LogP contribution is -2.46. The molecule has 2 rings (SSSR count). The molecule has 4 N–H and O–H groups in total. The number of aliphatic hydroxyl groups is 1. The van der Waals surface area contributed by atoms with Crippen molar-refractivity contribution in [3.63, 3.8) is 0 Å². The van der Waals surface area contributed by atoms with E-state index in [1.54, 1.807) is 13.2 Å². The highest BCUT2D eigenvalue weighted by Gasteiger charge is 2.22. The Morgan fingerprint density at radius 1 is 1.60 bits per heavy atom. The van der Waals surface area contributed by atoms with Gasteiger partial charge >= 0.3 is 0 Å². The van der Waals surface area contributed by atoms with Gasteiger partial charge in [-0.15, -0.1) is 0 Å². The molecule has 0 amide bonds. The number of amidine groups is 1. The molecule has 0 spiro atoms. The molecule has 110 valence electrons. The van der Waals surface area contributed by atoms with Crippen LogP contribution in [-0.4, -0.2) is 55.4 Å². The fraction of sp³-hybridized carbons (Fsp3) is 0.500. The normalized spacial score (nSPS) is 19.8. The van der Waals surface area contributed by atoms with Gasteiger partial charge in [0.25, 0.3) is 0 Å². The number of nitrogens with zero attached hydrogens (tertiary/aromatic N) is 1. The lowest BCUT2D eigenvalue weighted by Gasteiger charge is -2.34. The smallest absolute Gasteiger partial charge is 0.130 e. The van der Waals surface area contributed by atoms with Gasteiger partial charge in [-0.25, -0.2) is 0 Å². The third-order valence-corrected chi connectivity index (χ3v) is 3.50. The Morgan fingerprint density at radius 3 is 3.05 bits per heavy atom. The minimum atomic E-state index is -0.00647. The first-order valence-electron chi connectivity index (χ1n) is 6.59. The minimum Gasteiger partial charge on any atom is -0.496 e. The number of ether oxygens (including phenoxy) is 2. The summed E-state index contributed by atoms with van der Waals surface area (Å²) < 4.78 is 10.6. The molecule has 1 saturated heterocycles. The maximum Gasteiger partial charge on any atom is 0.130 e. The van der Waals surface area contributed by atoms with E-state index in [0.717, 1.165) is 12.1 Å². The van der Waals surface area contributed by atoms with Crippen molar-refractivity contribution in [3.05, 3.63) is 29.3 Å². The summed E-state index contributed by atoms with van der Waals surface area (Å²) in [5.41, 5.74) is 7.17. The van der Waals surface area contributed by atoms with Gasteiger partial charge in [-0.1, -0.05) is 6.07 Å². The summed E-state index contributed by atoms with van der Waals surface area (Å²) in [5, 5.41) is 16.9. The highest BCUT2D eigenvalue weighted by molar-refractivity contribution is 5.97. The number of methoxy groups -OCH3 is 1. The number of rotatable bonds is 5. The SMILES string of the molecule is COc1cc(CN2CCOCC2CO)ccc1C(=N)N. The zero-order valence-electron chi connectivity index (χ0n) is 11.6. The van der Waals surface area contributed by atoms with E-state index in [1.165, 1.54) is 0 Å². The van der Waals surface area contributed by atoms with Crippen molar-refractivity contribution in [2.45, 2.75) is 12.6 Å². The van der Waals surface area contributed by atoms with Gasteiger partial charge in [0, 0.05) is 13.1 Å². The van der Waals surface area contributed by atoms with Crippen molar-refractivity contribution < 1.29 is 14.6 Å². The summed E-state index contributed by atoms with van der Waals surface area (Å²) in [6.07, 6.45) is 0. The molecule has 1 unspecified atom stereocenters. The van der Waals surface area contributed by atoms with E-state index < -0.39 is 0 Å². The second-order valence-electron chi connectivity index (χ2n) is 4.83. The molecule has 6 heteroatoms. The fourth-order valence-electron chi connectivity index (χ4n) is 2.36. The van der Waals surface area contributed by atoms with Crippen LogP contribution in [0.2, 0.25) is 0 Å². The summed E-state index contributed by atoms with van der Waals surface area (Å²) >= 11 is 0. The first-order valence-corrected chi connectivity index (χ1v) is 6.59. The minimum absolute atomic E-state index is 0.00647. The largest absolute Gasteiger partial charge is 0.496 e. The van der Waals surface area contributed by atoms with Gasteiger partial charge < -0.3 is 20.3 Å². The molecule has 1 heterocycles. The number of aliphatic hydroxyl groups excluding tert-OH is 1. The number of hydrogen-bond donors (Lipinski definition) is 3. The van der Waals surface area contributed by atoms with E-state index in [1.807, 2.05) is 12.1 Å². The Hall–Kier alpha value is -1.63. The van der Waals surface area contributed by atoms with Crippen molar-refractivity contribution in [2.75, 3.05) is 33.5 Å². The standard InChI is InChI=1S/C14H21N3O3/c1-19-13-6-10(2-3-12(13)14(15)16)7-17-4-5-20-9-11(17)8-18/h2-3,6,11,18H,4-5,7-9H2,1H3,(H3,15,16). The van der Waals surface area contributed by atoms with Gasteiger partial charge in [-0.3, -0.25) is 10.3 Å². The van der Waals surface area contributed by atoms with E-state index in [0.29, 0.717) is 31.1 Å². The Balaban J connectivity index is 2.14. The van der Waals surface area contributed by atoms with E-state index in [4.69, 9.17) is 20.6 Å². The molecule has 1 aromatic carbocycles. The van der Waals surface area contributed by atoms with Gasteiger partial charge in [-0.2, -0.15) is 0 Å². The predicted molar refractivity (Wildman–Crippen MR) is 76.1 cm³/mol. The number of morpholine rings is 1. The van der Waals surface area contributed by atoms with Crippen molar-refractivity contribution in [1.82, 2.24) is 4.90 Å². The average Bonchev–Trinajstić information content (AvgIpc) is 2.47. The first kappa shape index (κ1) is 14.8. The van der Waals surface area contributed by atoms with Gasteiger partial charge in [0.15, 0.2) is 0 Å². The summed E-state index contributed by atoms with van der Waals surface area (Å²) in [7, 11) is 1.57. The van der Waals surface area contributed by atoms with Crippen LogP contribution in [0.4, 0.5) is 0 Å². The summed E-state index contributed by atoms with van der Waals surface area (Å²) in [4.78, 5) is 2.19. The molecule has 0 saturated carbocycles. The molecule has 1 aromatic rings. The van der Waals surface area contributed by atoms with Crippen LogP contribution in [0, 0.1) is 5.41 Å². The predicted octanol–water partition coefficient (Wildman–Crippen LogP) is 0.172. The van der Waals surface area contributed by atoms with Crippen molar-refractivity contribution >= 4 is 5.84 Å². The fourth-order valence-corrected chi connectivity index (χ4v) is 2.36. The topological polar surface area (TPSA) is 91.8 Å². The lowest BCUT2D eigenvalue weighted by atomic mass is 10.1. The summed E-state index contributed by atoms with van der Waals surface area (Å²) in [6.45, 7) is 2.83. The van der Waals surface area contributed by atoms with Gasteiger partial charge in [-0.05, 0) is 17.7 Å². The third kappa shape index (κ3) is 3.27. The number of nitrogens with two attached hydrogens (primary N) is 1. The number of nitrogens with one attached hydrogen (secondary N) is 1. The van der Waals surface area contributed by atoms with Crippen LogP contribution in [0.3, 0.4) is 0 Å². The van der Waals surface area contributed by atoms with Gasteiger partial charge in [0.05, 0.1) is 38.5 Å². The van der Waals surface area contributed by atoms with E-state index in [9.17, 15) is 5.11 Å². The van der Waals surface area contributed by atoms with Crippen LogP contribution in [-0.2, 0) is 11.3 Å². The Morgan fingerprint density at radius 2 is 2.40 bits per heavy atom. The Bertz CT molecular complexity index is 479. The highest BCUT2D eigenvalue weighted by Crippen LogP contribution is 2.21. The lowest BCUT2D eigenvalue weighted by molar-refractivity contribution is -0.0312. The van der Waals surface area contributed by atoms with E-state index in [2.05, 4.69) is 4.90 Å². The second-order valence-corrected chi connectivity index (χ2v) is 4.83. The van der Waals surface area contributed by atoms with E-state index >= 15 is 0 Å². The van der Waals surface area contributed by atoms with Crippen LogP contribution >= 0.6 is 0 Å². The molecule has 0 aliphatic carbocycles. The van der Waals surface area contributed by atoms with Crippen LogP contribution in [0.25, 0.3) is 0 Å². The second kappa shape index (κ2) is 6.69. The van der Waals surface area contributed by atoms with Crippen molar-refractivity contribution in [3.8, 4) is 5.75 Å². The highest BCUT2D eigenvalue weighted by atomic mass is 16.5. The quantitative estimate of drug-likeness (QED) is 0.528. The molecule has 1 aliphatic heterocycles. The average molecular weight is 279 g/mol. The summed E-state index contributed by atoms with van der Waals surface area (Å²) in [5.74, 6) is 0.594. The van der Waals surface area contributed by atoms with E-state index in [-0.39, 0.29) is 18.5 Å². The molecule has 1 atom stereocenters. The molecule has 0 bridgehead atoms. The van der Waals surface area contributed by atoms with Crippen LogP contribution in [0.1, 0.15) is 11.1 Å². The number of hydrogen-bond acceptors (Lipinski definition) is 5. The van der Waals surface area contributed by atoms with Crippen LogP contribution in [0.5, 0.6) is 5.75 Å². The van der Waals surface area contributed by atoms with Crippen LogP contribution in [0.15, 0.2) is 18.2 Å². The maximum atomic E-state index is 9.37. The monoisotopic (exact) mass is 279 g/mol. The molecule has 20 heavy (non-hydrogen) atoms. The molecule has 0 radical (unpaired) electrons. The zero-order valence-corrected chi connectivity index (χ0v) is 11.6. The Labute approximate surface area is 118 Å². The van der Waals surface area contributed by atoms with Crippen LogP contribution < -0.4 is 10.5 Å². The molecule has 0 aromatic heterocycles. The summed E-state index contributed by atoms with van der Waals surface area (Å²) in [6, 6.07) is 5.65. The third-order valence-electron chi connectivity index (χ3n) is 3.50. The molecular formula is C14H21N3O3. The van der Waals surface area contributed by atoms with Crippen molar-refractivity contribution in [2.24, 2.45) is 5.73 Å². The van der Waals surface area contributed by atoms with Gasteiger partial charge in [0.2, 0.25) is 0 Å². The molecule has 6 nitrogen and oxygen atoms in total. The number of nitrogen functional groups attached to an aromatic ring is 1. The number of benzene rings is 1. The first-order chi connectivity index (χ1) is 9.65. The van der Waals surface area contributed by atoms with Crippen molar-refractivity contribution in [1.29, 1.82) is 5.41 Å². The molecule has 1 fully saturated rings. The maximum absolute atomic E-state index is 9.37. The molecule has 1 aliphatic rings. The van der Waals surface area contributed by atoms with Gasteiger partial charge in [0.1, 0.15) is 11.6 Å². The Kier molecular flexibility index (Phi) is 4.94.